The number of aliphatic imine (C=N–C) groups is 1. The highest BCUT2D eigenvalue weighted by Crippen LogP contribution is 2.07. The Morgan fingerprint density at radius 2 is 2.22 bits per heavy atom. The highest BCUT2D eigenvalue weighted by atomic mass is 127. The zero-order chi connectivity index (χ0) is 15.9. The van der Waals surface area contributed by atoms with Gasteiger partial charge in [0.05, 0.1) is 0 Å². The fraction of sp³-hybridized carbons (Fsp3) is 0.400. The molecule has 1 N–H and O–H groups in total. The maximum absolute atomic E-state index is 13.3. The van der Waals surface area contributed by atoms with E-state index in [4.69, 9.17) is 0 Å². The van der Waals surface area contributed by atoms with Crippen molar-refractivity contribution < 1.29 is 4.39 Å². The van der Waals surface area contributed by atoms with Crippen molar-refractivity contribution in [1.82, 2.24) is 25.0 Å². The molecule has 1 aromatic carbocycles. The number of nitrogens with one attached hydrogen (secondary N) is 1. The lowest BCUT2D eigenvalue weighted by atomic mass is 10.2. The molecule has 8 heteroatoms. The van der Waals surface area contributed by atoms with Gasteiger partial charge in [-0.1, -0.05) is 12.1 Å². The van der Waals surface area contributed by atoms with Gasteiger partial charge in [0.15, 0.2) is 11.8 Å². The molecule has 0 atom stereocenters. The molecular weight excluding hydrogens is 410 g/mol. The minimum atomic E-state index is -0.230. The first-order valence-electron chi connectivity index (χ1n) is 7.17. The summed E-state index contributed by atoms with van der Waals surface area (Å²) in [6.45, 7) is 3.77. The van der Waals surface area contributed by atoms with Crippen molar-refractivity contribution in [2.45, 2.75) is 20.0 Å². The average molecular weight is 432 g/mol. The molecule has 2 rings (SSSR count). The molecule has 0 radical (unpaired) electrons. The Labute approximate surface area is 152 Å². The summed E-state index contributed by atoms with van der Waals surface area (Å²) in [4.78, 5) is 6.50. The molecule has 0 spiro atoms. The van der Waals surface area contributed by atoms with Gasteiger partial charge in [-0.05, 0) is 24.6 Å². The molecule has 0 saturated heterocycles. The molecule has 0 aliphatic rings. The van der Waals surface area contributed by atoms with Gasteiger partial charge in [-0.25, -0.2) is 9.38 Å². The third-order valence-electron chi connectivity index (χ3n) is 3.18. The van der Waals surface area contributed by atoms with Gasteiger partial charge in [0, 0.05) is 27.2 Å². The lowest BCUT2D eigenvalue weighted by Crippen LogP contribution is -2.38. The van der Waals surface area contributed by atoms with Gasteiger partial charge in [0.2, 0.25) is 0 Å². The second-order valence-corrected chi connectivity index (χ2v) is 5.01. The highest BCUT2D eigenvalue weighted by Gasteiger charge is 2.08. The standard InChI is InChI=1S/C15H21FN6.HI/c1-4-17-15(18-9-14-20-19-11-22(14)3)21(2)10-12-6-5-7-13(16)8-12;/h5-8,11H,4,9-10H2,1-3H3,(H,17,18);1H. The summed E-state index contributed by atoms with van der Waals surface area (Å²) in [5, 5.41) is 11.1. The number of aromatic nitrogens is 3. The number of nitrogens with zero attached hydrogens (tertiary/aromatic N) is 5. The smallest absolute Gasteiger partial charge is 0.194 e. The number of benzene rings is 1. The summed E-state index contributed by atoms with van der Waals surface area (Å²) in [6.07, 6.45) is 1.65. The third-order valence-corrected chi connectivity index (χ3v) is 3.18. The summed E-state index contributed by atoms with van der Waals surface area (Å²) < 4.78 is 15.1. The molecular formula is C15H22FIN6. The SMILES string of the molecule is CCNC(=NCc1nncn1C)N(C)Cc1cccc(F)c1.I. The Morgan fingerprint density at radius 3 is 2.83 bits per heavy atom. The largest absolute Gasteiger partial charge is 0.357 e. The fourth-order valence-corrected chi connectivity index (χ4v) is 2.05. The number of hydrogen-bond acceptors (Lipinski definition) is 3. The quantitative estimate of drug-likeness (QED) is 0.447. The van der Waals surface area contributed by atoms with E-state index in [0.717, 1.165) is 23.9 Å². The molecule has 0 saturated carbocycles. The van der Waals surface area contributed by atoms with E-state index in [1.807, 2.05) is 36.6 Å². The normalized spacial score (nSPS) is 11.0. The molecule has 0 bridgehead atoms. The van der Waals surface area contributed by atoms with Crippen LogP contribution in [0.3, 0.4) is 0 Å². The van der Waals surface area contributed by atoms with Crippen LogP contribution in [-0.2, 0) is 20.1 Å². The first kappa shape index (κ1) is 19.3. The summed E-state index contributed by atoms with van der Waals surface area (Å²) in [5.74, 6) is 1.30. The first-order valence-corrected chi connectivity index (χ1v) is 7.17. The summed E-state index contributed by atoms with van der Waals surface area (Å²) in [7, 11) is 3.80. The second kappa shape index (κ2) is 9.43. The Bertz CT molecular complexity index is 642. The van der Waals surface area contributed by atoms with Gasteiger partial charge in [-0.15, -0.1) is 34.2 Å². The number of guanidine groups is 1. The van der Waals surface area contributed by atoms with Gasteiger partial charge in [-0.3, -0.25) is 0 Å². The van der Waals surface area contributed by atoms with Crippen LogP contribution in [-0.4, -0.2) is 39.2 Å². The number of hydrogen-bond donors (Lipinski definition) is 1. The Hall–Kier alpha value is -1.71. The van der Waals surface area contributed by atoms with E-state index in [0.29, 0.717) is 13.1 Å². The van der Waals surface area contributed by atoms with Crippen LogP contribution in [0.2, 0.25) is 0 Å². The van der Waals surface area contributed by atoms with Gasteiger partial charge in [0.1, 0.15) is 18.7 Å². The van der Waals surface area contributed by atoms with Crippen LogP contribution in [0, 0.1) is 5.82 Å². The van der Waals surface area contributed by atoms with Crippen molar-refractivity contribution in [3.63, 3.8) is 0 Å². The van der Waals surface area contributed by atoms with Crippen LogP contribution in [0.5, 0.6) is 0 Å². The molecule has 2 aromatic rings. The van der Waals surface area contributed by atoms with Crippen molar-refractivity contribution in [2.75, 3.05) is 13.6 Å². The van der Waals surface area contributed by atoms with Crippen molar-refractivity contribution in [3.8, 4) is 0 Å². The highest BCUT2D eigenvalue weighted by molar-refractivity contribution is 14.0. The number of rotatable bonds is 5. The number of halogens is 2. The van der Waals surface area contributed by atoms with Crippen LogP contribution < -0.4 is 5.32 Å². The monoisotopic (exact) mass is 432 g/mol. The van der Waals surface area contributed by atoms with Crippen LogP contribution in [0.1, 0.15) is 18.3 Å². The van der Waals surface area contributed by atoms with Crippen molar-refractivity contribution in [3.05, 3.63) is 47.8 Å². The number of aryl methyl sites for hydroxylation is 1. The lowest BCUT2D eigenvalue weighted by molar-refractivity contribution is 0.474. The van der Waals surface area contributed by atoms with Gasteiger partial charge < -0.3 is 14.8 Å². The van der Waals surface area contributed by atoms with Gasteiger partial charge >= 0.3 is 0 Å². The molecule has 0 amide bonds. The second-order valence-electron chi connectivity index (χ2n) is 5.01. The van der Waals surface area contributed by atoms with Crippen LogP contribution in [0.15, 0.2) is 35.6 Å². The van der Waals surface area contributed by atoms with Crippen molar-refractivity contribution >= 4 is 29.9 Å². The molecule has 23 heavy (non-hydrogen) atoms. The van der Waals surface area contributed by atoms with Gasteiger partial charge in [-0.2, -0.15) is 0 Å². The van der Waals surface area contributed by atoms with Crippen molar-refractivity contribution in [2.24, 2.45) is 12.0 Å². The van der Waals surface area contributed by atoms with E-state index in [-0.39, 0.29) is 29.8 Å². The predicted molar refractivity (Wildman–Crippen MR) is 99.1 cm³/mol. The lowest BCUT2D eigenvalue weighted by Gasteiger charge is -2.22. The van der Waals surface area contributed by atoms with E-state index in [2.05, 4.69) is 20.5 Å². The average Bonchev–Trinajstić information content (AvgIpc) is 2.88. The molecule has 0 aliphatic carbocycles. The summed E-state index contributed by atoms with van der Waals surface area (Å²) >= 11 is 0. The van der Waals surface area contributed by atoms with Crippen LogP contribution in [0.4, 0.5) is 4.39 Å². The molecule has 126 valence electrons. The van der Waals surface area contributed by atoms with Crippen molar-refractivity contribution in [1.29, 1.82) is 0 Å². The van der Waals surface area contributed by atoms with Crippen LogP contribution in [0.25, 0.3) is 0 Å². The predicted octanol–water partition coefficient (Wildman–Crippen LogP) is 2.17. The Kier molecular flexibility index (Phi) is 7.93. The van der Waals surface area contributed by atoms with E-state index in [1.54, 1.807) is 12.4 Å². The molecule has 1 aromatic heterocycles. The topological polar surface area (TPSA) is 58.3 Å². The first-order chi connectivity index (χ1) is 10.6. The molecule has 1 heterocycles. The zero-order valence-corrected chi connectivity index (χ0v) is 15.9. The summed E-state index contributed by atoms with van der Waals surface area (Å²) in [6, 6.07) is 6.58. The van der Waals surface area contributed by atoms with Crippen LogP contribution >= 0.6 is 24.0 Å². The molecule has 0 aliphatic heterocycles. The Morgan fingerprint density at radius 1 is 1.43 bits per heavy atom. The van der Waals surface area contributed by atoms with E-state index >= 15 is 0 Å². The Balaban J connectivity index is 0.00000264. The molecule has 0 unspecified atom stereocenters. The maximum Gasteiger partial charge on any atom is 0.194 e. The van der Waals surface area contributed by atoms with E-state index < -0.39 is 0 Å². The van der Waals surface area contributed by atoms with E-state index in [1.165, 1.54) is 12.1 Å². The maximum atomic E-state index is 13.3. The third kappa shape index (κ3) is 5.77. The minimum Gasteiger partial charge on any atom is -0.357 e. The molecule has 6 nitrogen and oxygen atoms in total. The minimum absolute atomic E-state index is 0. The van der Waals surface area contributed by atoms with E-state index in [9.17, 15) is 4.39 Å². The van der Waals surface area contributed by atoms with Gasteiger partial charge in [0.25, 0.3) is 0 Å². The fourth-order valence-electron chi connectivity index (χ4n) is 2.05. The molecule has 0 fully saturated rings. The summed E-state index contributed by atoms with van der Waals surface area (Å²) in [5.41, 5.74) is 0.895. The zero-order valence-electron chi connectivity index (χ0n) is 13.5.